The first-order valence-electron chi connectivity index (χ1n) is 3.63. The van der Waals surface area contributed by atoms with Gasteiger partial charge >= 0.3 is 0 Å². The fourth-order valence-electron chi connectivity index (χ4n) is 0.899. The average molecular weight is 168 g/mol. The average Bonchev–Trinajstić information content (AvgIpc) is 2.05. The zero-order valence-corrected chi connectivity index (χ0v) is 7.09. The predicted molar refractivity (Wildman–Crippen MR) is 45.8 cm³/mol. The molecule has 1 aliphatic heterocycles. The zero-order chi connectivity index (χ0) is 9.30. The molecular weight excluding hydrogens is 156 g/mol. The van der Waals surface area contributed by atoms with Crippen LogP contribution in [0.1, 0.15) is 13.8 Å². The molecule has 0 saturated carbocycles. The van der Waals surface area contributed by atoms with Crippen LogP contribution >= 0.6 is 0 Å². The molecule has 1 heterocycles. The summed E-state index contributed by atoms with van der Waals surface area (Å²) < 4.78 is 0. The van der Waals surface area contributed by atoms with Crippen LogP contribution in [0.5, 0.6) is 0 Å². The van der Waals surface area contributed by atoms with Crippen molar-refractivity contribution in [2.45, 2.75) is 13.8 Å². The Hall–Kier alpha value is -1.52. The van der Waals surface area contributed by atoms with Crippen molar-refractivity contribution >= 4 is 11.9 Å². The lowest BCUT2D eigenvalue weighted by molar-refractivity contribution is -0.121. The van der Waals surface area contributed by atoms with Gasteiger partial charge in [-0.2, -0.15) is 4.99 Å². The largest absolute Gasteiger partial charge is 0.384 e. The van der Waals surface area contributed by atoms with Gasteiger partial charge in [0.2, 0.25) is 11.9 Å². The molecule has 5 N–H and O–H groups in total. The molecule has 66 valence electrons. The summed E-state index contributed by atoms with van der Waals surface area (Å²) in [7, 11) is 0. The number of guanidine groups is 1. The summed E-state index contributed by atoms with van der Waals surface area (Å²) in [4.78, 5) is 15.0. The predicted octanol–water partition coefficient (Wildman–Crippen LogP) is -0.743. The van der Waals surface area contributed by atoms with Gasteiger partial charge in [-0.15, -0.1) is 0 Å². The minimum absolute atomic E-state index is 0.0567. The number of nitrogens with two attached hydrogens (primary N) is 2. The quantitative estimate of drug-likeness (QED) is 0.444. The molecule has 0 aliphatic carbocycles. The van der Waals surface area contributed by atoms with E-state index in [0.29, 0.717) is 5.82 Å². The number of amides is 1. The van der Waals surface area contributed by atoms with Crippen LogP contribution in [0.2, 0.25) is 0 Å². The highest BCUT2D eigenvalue weighted by molar-refractivity contribution is 5.99. The van der Waals surface area contributed by atoms with E-state index in [0.717, 1.165) is 5.57 Å². The number of rotatable bonds is 0. The maximum Gasteiger partial charge on any atom is 0.233 e. The number of aliphatic imine (C=N–C) groups is 1. The minimum atomic E-state index is -0.269. The van der Waals surface area contributed by atoms with Crippen LogP contribution in [0.25, 0.3) is 0 Å². The van der Waals surface area contributed by atoms with Crippen LogP contribution in [0.4, 0.5) is 0 Å². The molecule has 0 unspecified atom stereocenters. The molecule has 0 aromatic heterocycles. The van der Waals surface area contributed by atoms with Crippen molar-refractivity contribution in [2.24, 2.45) is 22.4 Å². The van der Waals surface area contributed by atoms with E-state index in [1.54, 1.807) is 13.8 Å². The van der Waals surface area contributed by atoms with Crippen LogP contribution in [-0.2, 0) is 4.79 Å². The van der Waals surface area contributed by atoms with Crippen LogP contribution in [0.3, 0.4) is 0 Å². The van der Waals surface area contributed by atoms with Crippen molar-refractivity contribution in [1.29, 1.82) is 0 Å². The summed E-state index contributed by atoms with van der Waals surface area (Å²) in [5, 5.41) is 2.42. The number of carbonyl (C=O) groups is 1. The highest BCUT2D eigenvalue weighted by Gasteiger charge is 2.20. The Morgan fingerprint density at radius 1 is 1.50 bits per heavy atom. The fourth-order valence-corrected chi connectivity index (χ4v) is 0.899. The van der Waals surface area contributed by atoms with Gasteiger partial charge in [0, 0.05) is 0 Å². The van der Waals surface area contributed by atoms with Gasteiger partial charge in [0.05, 0.1) is 5.92 Å². The Morgan fingerprint density at radius 2 is 2.08 bits per heavy atom. The molecule has 12 heavy (non-hydrogen) atoms. The van der Waals surface area contributed by atoms with E-state index in [-0.39, 0.29) is 17.8 Å². The first-order chi connectivity index (χ1) is 5.52. The van der Waals surface area contributed by atoms with E-state index < -0.39 is 0 Å². The summed E-state index contributed by atoms with van der Waals surface area (Å²) in [5.41, 5.74) is 11.6. The normalized spacial score (nSPS) is 24.7. The van der Waals surface area contributed by atoms with E-state index >= 15 is 0 Å². The molecular formula is C7H12N4O. The van der Waals surface area contributed by atoms with Crippen molar-refractivity contribution in [3.8, 4) is 0 Å². The standard InChI is InChI=1S/C7H12N4O/c1-3-4(2)6(12)11-7(9)10-5(3)8/h4H,8H2,1-2H3,(H3,9,10,11,12)/t4-/m1/s1. The summed E-state index contributed by atoms with van der Waals surface area (Å²) in [6.45, 7) is 3.52. The molecule has 0 radical (unpaired) electrons. The second-order valence-corrected chi connectivity index (χ2v) is 2.78. The van der Waals surface area contributed by atoms with Gasteiger partial charge < -0.3 is 11.5 Å². The Bertz CT molecular complexity index is 279. The van der Waals surface area contributed by atoms with Gasteiger partial charge in [-0.05, 0) is 19.4 Å². The van der Waals surface area contributed by atoms with Gasteiger partial charge in [0.1, 0.15) is 5.82 Å². The third-order valence-corrected chi connectivity index (χ3v) is 1.94. The molecule has 0 saturated heterocycles. The van der Waals surface area contributed by atoms with Gasteiger partial charge in [0.15, 0.2) is 0 Å². The fraction of sp³-hybridized carbons (Fsp3) is 0.429. The SMILES string of the molecule is CC1=C(N)N=C(N)NC(=O)[C@@H]1C. The Labute approximate surface area is 70.5 Å². The number of hydrogen-bond donors (Lipinski definition) is 3. The van der Waals surface area contributed by atoms with E-state index in [1.165, 1.54) is 0 Å². The molecule has 1 atom stereocenters. The maximum absolute atomic E-state index is 11.2. The second kappa shape index (κ2) is 2.84. The highest BCUT2D eigenvalue weighted by Crippen LogP contribution is 2.14. The molecule has 0 spiro atoms. The highest BCUT2D eigenvalue weighted by atomic mass is 16.2. The minimum Gasteiger partial charge on any atom is -0.384 e. The lowest BCUT2D eigenvalue weighted by atomic mass is 10.0. The monoisotopic (exact) mass is 168 g/mol. The number of nitrogens with zero attached hydrogens (tertiary/aromatic N) is 1. The van der Waals surface area contributed by atoms with E-state index in [2.05, 4.69) is 10.3 Å². The molecule has 1 amide bonds. The van der Waals surface area contributed by atoms with Crippen LogP contribution < -0.4 is 16.8 Å². The van der Waals surface area contributed by atoms with Crippen LogP contribution in [0, 0.1) is 5.92 Å². The smallest absolute Gasteiger partial charge is 0.233 e. The van der Waals surface area contributed by atoms with Crippen molar-refractivity contribution in [1.82, 2.24) is 5.32 Å². The van der Waals surface area contributed by atoms with Gasteiger partial charge in [-0.1, -0.05) is 0 Å². The molecule has 0 aromatic rings. The van der Waals surface area contributed by atoms with Crippen LogP contribution in [0.15, 0.2) is 16.4 Å². The third kappa shape index (κ3) is 1.39. The topological polar surface area (TPSA) is 93.5 Å². The number of carbonyl (C=O) groups excluding carboxylic acids is 1. The maximum atomic E-state index is 11.2. The van der Waals surface area contributed by atoms with Crippen molar-refractivity contribution in [3.05, 3.63) is 11.4 Å². The first kappa shape index (κ1) is 8.58. The summed E-state index contributed by atoms with van der Waals surface area (Å²) in [5.74, 6) is -0.0662. The molecule has 1 aliphatic rings. The summed E-state index contributed by atoms with van der Waals surface area (Å²) in [6, 6.07) is 0. The second-order valence-electron chi connectivity index (χ2n) is 2.78. The molecule has 1 rings (SSSR count). The molecule has 0 aromatic carbocycles. The summed E-state index contributed by atoms with van der Waals surface area (Å²) >= 11 is 0. The number of hydrogen-bond acceptors (Lipinski definition) is 4. The molecule has 5 heteroatoms. The van der Waals surface area contributed by atoms with Gasteiger partial charge in [0.25, 0.3) is 0 Å². The Morgan fingerprint density at radius 3 is 2.67 bits per heavy atom. The van der Waals surface area contributed by atoms with Crippen molar-refractivity contribution < 1.29 is 4.79 Å². The molecule has 0 bridgehead atoms. The lowest BCUT2D eigenvalue weighted by Gasteiger charge is -2.07. The third-order valence-electron chi connectivity index (χ3n) is 1.94. The van der Waals surface area contributed by atoms with Crippen molar-refractivity contribution in [3.63, 3.8) is 0 Å². The van der Waals surface area contributed by atoms with Crippen LogP contribution in [-0.4, -0.2) is 11.9 Å². The van der Waals surface area contributed by atoms with E-state index in [9.17, 15) is 4.79 Å². The molecule has 0 fully saturated rings. The van der Waals surface area contributed by atoms with E-state index in [4.69, 9.17) is 11.5 Å². The summed E-state index contributed by atoms with van der Waals surface area (Å²) in [6.07, 6.45) is 0. The zero-order valence-electron chi connectivity index (χ0n) is 7.09. The Balaban J connectivity index is 3.08. The Kier molecular flexibility index (Phi) is 2.03. The van der Waals surface area contributed by atoms with Gasteiger partial charge in [-0.3, -0.25) is 10.1 Å². The molecule has 5 nitrogen and oxygen atoms in total. The van der Waals surface area contributed by atoms with Gasteiger partial charge in [-0.25, -0.2) is 0 Å². The lowest BCUT2D eigenvalue weighted by Crippen LogP contribution is -2.38. The van der Waals surface area contributed by atoms with E-state index in [1.807, 2.05) is 0 Å². The van der Waals surface area contributed by atoms with Crippen molar-refractivity contribution in [2.75, 3.05) is 0 Å². The number of nitrogens with one attached hydrogen (secondary N) is 1. The first-order valence-corrected chi connectivity index (χ1v) is 3.63.